The lowest BCUT2D eigenvalue weighted by Gasteiger charge is -2.14. The lowest BCUT2D eigenvalue weighted by molar-refractivity contribution is -0.116. The lowest BCUT2D eigenvalue weighted by atomic mass is 10.0. The number of anilines is 1. The number of amides is 1. The van der Waals surface area contributed by atoms with Crippen LogP contribution in [0.5, 0.6) is 11.5 Å². The first-order valence-corrected chi connectivity index (χ1v) is 13.0. The Morgan fingerprint density at radius 3 is 2.43 bits per heavy atom. The number of nitrogens with one attached hydrogen (secondary N) is 1. The van der Waals surface area contributed by atoms with Crippen molar-refractivity contribution in [1.82, 2.24) is 14.8 Å². The molecule has 1 atom stereocenters. The SMILES string of the molecule is CCc1cc2c(s1)-n1c(C)nnc1C(CC(=O)Nc1cc(OC)cc(OC)c1)N=C2c1ccc(Cl)cc1. The molecule has 0 saturated carbocycles. The van der Waals surface area contributed by atoms with Crippen LogP contribution in [0.25, 0.3) is 5.00 Å². The number of halogens is 1. The molecule has 37 heavy (non-hydrogen) atoms. The van der Waals surface area contributed by atoms with E-state index in [2.05, 4.69) is 28.5 Å². The maximum atomic E-state index is 13.3. The van der Waals surface area contributed by atoms with E-state index >= 15 is 0 Å². The molecule has 5 rings (SSSR count). The summed E-state index contributed by atoms with van der Waals surface area (Å²) < 4.78 is 12.7. The van der Waals surface area contributed by atoms with Gasteiger partial charge in [-0.25, -0.2) is 0 Å². The molecule has 1 amide bonds. The summed E-state index contributed by atoms with van der Waals surface area (Å²) in [5, 5.41) is 13.4. The van der Waals surface area contributed by atoms with E-state index in [1.54, 1.807) is 43.8 Å². The van der Waals surface area contributed by atoms with E-state index in [1.807, 2.05) is 35.8 Å². The largest absolute Gasteiger partial charge is 0.497 e. The molecule has 1 unspecified atom stereocenters. The van der Waals surface area contributed by atoms with Crippen LogP contribution >= 0.6 is 22.9 Å². The third kappa shape index (κ3) is 4.97. The highest BCUT2D eigenvalue weighted by atomic mass is 35.5. The predicted molar refractivity (Wildman–Crippen MR) is 146 cm³/mol. The van der Waals surface area contributed by atoms with Gasteiger partial charge in [-0.1, -0.05) is 30.7 Å². The molecule has 1 N–H and O–H groups in total. The molecule has 2 aromatic heterocycles. The smallest absolute Gasteiger partial charge is 0.227 e. The van der Waals surface area contributed by atoms with Crippen molar-refractivity contribution in [2.45, 2.75) is 32.7 Å². The highest BCUT2D eigenvalue weighted by molar-refractivity contribution is 7.15. The molecule has 0 radical (unpaired) electrons. The zero-order valence-electron chi connectivity index (χ0n) is 20.9. The molecule has 8 nitrogen and oxygen atoms in total. The molecule has 0 bridgehead atoms. The van der Waals surface area contributed by atoms with Crippen molar-refractivity contribution >= 4 is 40.2 Å². The normalized spacial score (nSPS) is 14.3. The minimum absolute atomic E-state index is 0.0737. The zero-order chi connectivity index (χ0) is 26.1. The van der Waals surface area contributed by atoms with Gasteiger partial charge in [0.1, 0.15) is 28.4 Å². The summed E-state index contributed by atoms with van der Waals surface area (Å²) in [6.45, 7) is 4.05. The summed E-state index contributed by atoms with van der Waals surface area (Å²) in [4.78, 5) is 19.6. The molecule has 0 aliphatic carbocycles. The van der Waals surface area contributed by atoms with Crippen LogP contribution in [0.15, 0.2) is 53.5 Å². The Morgan fingerprint density at radius 1 is 1.08 bits per heavy atom. The van der Waals surface area contributed by atoms with Gasteiger partial charge in [-0.3, -0.25) is 14.4 Å². The van der Waals surface area contributed by atoms with Gasteiger partial charge in [0, 0.05) is 44.9 Å². The average Bonchev–Trinajstić information content (AvgIpc) is 3.46. The Bertz CT molecular complexity index is 1470. The molecule has 3 heterocycles. The number of methoxy groups -OCH3 is 2. The number of aromatic nitrogens is 3. The van der Waals surface area contributed by atoms with Gasteiger partial charge >= 0.3 is 0 Å². The van der Waals surface area contributed by atoms with Crippen LogP contribution in [-0.2, 0) is 11.2 Å². The minimum atomic E-state index is -0.552. The molecule has 2 aromatic carbocycles. The zero-order valence-corrected chi connectivity index (χ0v) is 22.5. The first-order valence-electron chi connectivity index (χ1n) is 11.8. The van der Waals surface area contributed by atoms with Gasteiger partial charge in [-0.2, -0.15) is 0 Å². The Kier molecular flexibility index (Phi) is 6.99. The van der Waals surface area contributed by atoms with Gasteiger partial charge in [0.2, 0.25) is 5.91 Å². The summed E-state index contributed by atoms with van der Waals surface area (Å²) in [6, 6.07) is 14.4. The van der Waals surface area contributed by atoms with Crippen LogP contribution in [0.3, 0.4) is 0 Å². The van der Waals surface area contributed by atoms with Gasteiger partial charge < -0.3 is 14.8 Å². The van der Waals surface area contributed by atoms with E-state index in [0.717, 1.165) is 34.1 Å². The van der Waals surface area contributed by atoms with E-state index in [1.165, 1.54) is 4.88 Å². The molecule has 4 aromatic rings. The molecular weight excluding hydrogens is 510 g/mol. The van der Waals surface area contributed by atoms with Crippen LogP contribution in [0.2, 0.25) is 5.02 Å². The van der Waals surface area contributed by atoms with Crippen LogP contribution in [0, 0.1) is 6.92 Å². The molecule has 10 heteroatoms. The lowest BCUT2D eigenvalue weighted by Crippen LogP contribution is -2.17. The molecule has 0 spiro atoms. The van der Waals surface area contributed by atoms with Crippen LogP contribution in [0.1, 0.15) is 47.0 Å². The van der Waals surface area contributed by atoms with Crippen molar-refractivity contribution in [2.24, 2.45) is 4.99 Å². The quantitative estimate of drug-likeness (QED) is 0.323. The Balaban J connectivity index is 1.56. The second kappa shape index (κ2) is 10.4. The molecule has 0 saturated heterocycles. The van der Waals surface area contributed by atoms with Crippen molar-refractivity contribution in [3.05, 3.63) is 81.2 Å². The number of nitrogens with zero attached hydrogens (tertiary/aromatic N) is 4. The first kappa shape index (κ1) is 25.0. The Hall–Kier alpha value is -3.69. The Morgan fingerprint density at radius 2 is 1.78 bits per heavy atom. The van der Waals surface area contributed by atoms with Gasteiger partial charge in [0.25, 0.3) is 0 Å². The molecule has 190 valence electrons. The van der Waals surface area contributed by atoms with Gasteiger partial charge in [-0.05, 0) is 31.5 Å². The summed E-state index contributed by atoms with van der Waals surface area (Å²) >= 11 is 7.86. The van der Waals surface area contributed by atoms with Gasteiger partial charge in [0.15, 0.2) is 5.82 Å². The summed E-state index contributed by atoms with van der Waals surface area (Å²) in [6.07, 6.45) is 0.974. The van der Waals surface area contributed by atoms with Gasteiger partial charge in [0.05, 0.1) is 26.4 Å². The van der Waals surface area contributed by atoms with Crippen molar-refractivity contribution in [2.75, 3.05) is 19.5 Å². The number of rotatable bonds is 7. The predicted octanol–water partition coefficient (Wildman–Crippen LogP) is 5.79. The van der Waals surface area contributed by atoms with Crippen LogP contribution in [0.4, 0.5) is 5.69 Å². The van der Waals surface area contributed by atoms with Crippen molar-refractivity contribution in [1.29, 1.82) is 0 Å². The number of aryl methyl sites for hydroxylation is 2. The fraction of sp³-hybridized carbons (Fsp3) is 0.259. The fourth-order valence-corrected chi connectivity index (χ4v) is 5.59. The monoisotopic (exact) mass is 535 g/mol. The summed E-state index contributed by atoms with van der Waals surface area (Å²) in [5.41, 5.74) is 3.29. The maximum Gasteiger partial charge on any atom is 0.227 e. The number of thiophene rings is 1. The molecule has 1 aliphatic rings. The van der Waals surface area contributed by atoms with E-state index in [0.29, 0.717) is 28.0 Å². The first-order chi connectivity index (χ1) is 17.9. The van der Waals surface area contributed by atoms with Crippen molar-refractivity contribution < 1.29 is 14.3 Å². The highest BCUT2D eigenvalue weighted by Crippen LogP contribution is 2.37. The number of benzene rings is 2. The fourth-order valence-electron chi connectivity index (χ4n) is 4.31. The number of ether oxygens (including phenoxy) is 2. The maximum absolute atomic E-state index is 13.3. The van der Waals surface area contributed by atoms with Gasteiger partial charge in [-0.15, -0.1) is 21.5 Å². The van der Waals surface area contributed by atoms with E-state index in [4.69, 9.17) is 26.1 Å². The number of carbonyl (C=O) groups excluding carboxylic acids is 1. The second-order valence-electron chi connectivity index (χ2n) is 8.58. The third-order valence-corrected chi connectivity index (χ3v) is 7.65. The number of hydrogen-bond donors (Lipinski definition) is 1. The molecular formula is C27H26ClN5O3S. The van der Waals surface area contributed by atoms with Crippen molar-refractivity contribution in [3.8, 4) is 16.5 Å². The number of aliphatic imine (C=N–C) groups is 1. The summed E-state index contributed by atoms with van der Waals surface area (Å²) in [7, 11) is 3.13. The minimum Gasteiger partial charge on any atom is -0.497 e. The number of hydrogen-bond acceptors (Lipinski definition) is 7. The summed E-state index contributed by atoms with van der Waals surface area (Å²) in [5.74, 6) is 2.32. The van der Waals surface area contributed by atoms with E-state index in [-0.39, 0.29) is 12.3 Å². The third-order valence-electron chi connectivity index (χ3n) is 6.13. The molecule has 0 fully saturated rings. The van der Waals surface area contributed by atoms with Crippen LogP contribution in [-0.4, -0.2) is 40.6 Å². The van der Waals surface area contributed by atoms with E-state index < -0.39 is 6.04 Å². The number of fused-ring (bicyclic) bond motifs is 3. The Labute approximate surface area is 223 Å². The number of carbonyl (C=O) groups is 1. The standard InChI is InChI=1S/C27H26ClN5O3S/c1-5-21-13-22-25(16-6-8-17(28)9-7-16)30-23(26-32-31-15(2)33(26)27(22)37-21)14-24(34)29-18-10-19(35-3)12-20(11-18)36-4/h6-13,23H,5,14H2,1-4H3,(H,29,34). The van der Waals surface area contributed by atoms with E-state index in [9.17, 15) is 4.79 Å². The van der Waals surface area contributed by atoms with Crippen molar-refractivity contribution in [3.63, 3.8) is 0 Å². The molecule has 1 aliphatic heterocycles. The topological polar surface area (TPSA) is 90.6 Å². The average molecular weight is 536 g/mol. The van der Waals surface area contributed by atoms with Crippen LogP contribution < -0.4 is 14.8 Å². The highest BCUT2D eigenvalue weighted by Gasteiger charge is 2.31. The second-order valence-corrected chi connectivity index (χ2v) is 10.1.